The highest BCUT2D eigenvalue weighted by molar-refractivity contribution is 6.30. The number of hydrogen-bond donors (Lipinski definition) is 0. The van der Waals surface area contributed by atoms with Gasteiger partial charge >= 0.3 is 0 Å². The third-order valence-corrected chi connectivity index (χ3v) is 3.93. The molecule has 0 radical (unpaired) electrons. The van der Waals surface area contributed by atoms with Gasteiger partial charge < -0.3 is 4.74 Å². The van der Waals surface area contributed by atoms with Gasteiger partial charge in [-0.1, -0.05) is 11.6 Å². The zero-order chi connectivity index (χ0) is 15.9. The van der Waals surface area contributed by atoms with E-state index < -0.39 is 0 Å². The normalized spacial score (nSPS) is 22.1. The number of rotatable bonds is 2. The quantitative estimate of drug-likeness (QED) is 0.852. The van der Waals surface area contributed by atoms with Crippen molar-refractivity contribution < 1.29 is 4.74 Å². The Labute approximate surface area is 134 Å². The van der Waals surface area contributed by atoms with E-state index in [2.05, 4.69) is 30.7 Å². The average molecular weight is 322 g/mol. The Kier molecular flexibility index (Phi) is 3.97. The van der Waals surface area contributed by atoms with Crippen molar-refractivity contribution in [1.29, 1.82) is 0 Å². The van der Waals surface area contributed by atoms with Crippen molar-refractivity contribution in [2.75, 3.05) is 13.1 Å². The Balaban J connectivity index is 1.88. The number of aromatic nitrogens is 2. The summed E-state index contributed by atoms with van der Waals surface area (Å²) in [4.78, 5) is 19.1. The van der Waals surface area contributed by atoms with Crippen LogP contribution >= 0.6 is 11.6 Å². The second-order valence-electron chi connectivity index (χ2n) is 6.52. The van der Waals surface area contributed by atoms with Gasteiger partial charge in [-0.15, -0.1) is 0 Å². The largest absolute Gasteiger partial charge is 0.370 e. The van der Waals surface area contributed by atoms with Gasteiger partial charge in [-0.05, 0) is 32.9 Å². The van der Waals surface area contributed by atoms with E-state index in [0.717, 1.165) is 18.8 Å². The fourth-order valence-corrected chi connectivity index (χ4v) is 3.30. The van der Waals surface area contributed by atoms with E-state index in [4.69, 9.17) is 16.3 Å². The average Bonchev–Trinajstić information content (AvgIpc) is 2.37. The molecule has 1 unspecified atom stereocenters. The first-order valence-corrected chi connectivity index (χ1v) is 7.78. The van der Waals surface area contributed by atoms with Gasteiger partial charge in [0.2, 0.25) is 0 Å². The summed E-state index contributed by atoms with van der Waals surface area (Å²) in [6.45, 7) is 8.54. The van der Waals surface area contributed by atoms with E-state index in [1.807, 2.05) is 0 Å². The fourth-order valence-electron chi connectivity index (χ4n) is 3.14. The Morgan fingerprint density at radius 1 is 1.45 bits per heavy atom. The Morgan fingerprint density at radius 3 is 2.95 bits per heavy atom. The second-order valence-corrected chi connectivity index (χ2v) is 6.96. The van der Waals surface area contributed by atoms with Gasteiger partial charge in [0.05, 0.1) is 22.4 Å². The van der Waals surface area contributed by atoms with Crippen molar-refractivity contribution in [3.63, 3.8) is 0 Å². The zero-order valence-corrected chi connectivity index (χ0v) is 13.8. The standard InChI is InChI=1S/C16H20ClN3O2/c1-11-7-19(10-16(2,3)22-11)9-13-6-15(21)20-8-12(17)4-5-14(20)18-13/h4-6,8,11H,7,9-10H2,1-3H3. The van der Waals surface area contributed by atoms with Gasteiger partial charge in [0.1, 0.15) is 5.65 Å². The number of ether oxygens (including phenoxy) is 1. The van der Waals surface area contributed by atoms with E-state index in [1.165, 1.54) is 4.40 Å². The molecule has 2 aromatic heterocycles. The molecule has 1 saturated heterocycles. The third kappa shape index (κ3) is 3.32. The molecule has 118 valence electrons. The number of fused-ring (bicyclic) bond motifs is 1. The van der Waals surface area contributed by atoms with E-state index >= 15 is 0 Å². The highest BCUT2D eigenvalue weighted by atomic mass is 35.5. The van der Waals surface area contributed by atoms with Crippen molar-refractivity contribution in [3.8, 4) is 0 Å². The molecule has 2 aromatic rings. The maximum atomic E-state index is 12.2. The molecule has 0 aromatic carbocycles. The maximum Gasteiger partial charge on any atom is 0.258 e. The summed E-state index contributed by atoms with van der Waals surface area (Å²) in [6, 6.07) is 5.09. The summed E-state index contributed by atoms with van der Waals surface area (Å²) >= 11 is 5.92. The first-order valence-electron chi connectivity index (χ1n) is 7.40. The smallest absolute Gasteiger partial charge is 0.258 e. The molecule has 0 aliphatic carbocycles. The van der Waals surface area contributed by atoms with Gasteiger partial charge in [0, 0.05) is 31.9 Å². The lowest BCUT2D eigenvalue weighted by Crippen LogP contribution is -2.51. The van der Waals surface area contributed by atoms with Crippen LogP contribution < -0.4 is 5.56 Å². The number of hydrogen-bond acceptors (Lipinski definition) is 4. The summed E-state index contributed by atoms with van der Waals surface area (Å²) < 4.78 is 7.38. The number of halogens is 1. The monoisotopic (exact) mass is 321 g/mol. The molecule has 0 saturated carbocycles. The van der Waals surface area contributed by atoms with Crippen LogP contribution in [-0.2, 0) is 11.3 Å². The predicted molar refractivity (Wildman–Crippen MR) is 86.4 cm³/mol. The minimum absolute atomic E-state index is 0.108. The summed E-state index contributed by atoms with van der Waals surface area (Å²) in [6.07, 6.45) is 1.76. The van der Waals surface area contributed by atoms with Crippen LogP contribution in [0.25, 0.3) is 5.65 Å². The minimum Gasteiger partial charge on any atom is -0.370 e. The molecule has 6 heteroatoms. The van der Waals surface area contributed by atoms with Crippen molar-refractivity contribution in [2.24, 2.45) is 0 Å². The molecule has 3 rings (SSSR count). The molecule has 0 amide bonds. The Hall–Kier alpha value is -1.43. The van der Waals surface area contributed by atoms with Crippen molar-refractivity contribution >= 4 is 17.2 Å². The van der Waals surface area contributed by atoms with Gasteiger partial charge in [-0.3, -0.25) is 14.1 Å². The predicted octanol–water partition coefficient (Wildman–Crippen LogP) is 2.35. The number of morpholine rings is 1. The highest BCUT2D eigenvalue weighted by Gasteiger charge is 2.31. The van der Waals surface area contributed by atoms with E-state index in [9.17, 15) is 4.79 Å². The van der Waals surface area contributed by atoms with E-state index in [1.54, 1.807) is 24.4 Å². The first kappa shape index (κ1) is 15.5. The molecule has 0 bridgehead atoms. The molecule has 1 atom stereocenters. The summed E-state index contributed by atoms with van der Waals surface area (Å²) in [5.74, 6) is 0. The van der Waals surface area contributed by atoms with Gasteiger partial charge in [0.15, 0.2) is 0 Å². The minimum atomic E-state index is -0.183. The maximum absolute atomic E-state index is 12.2. The van der Waals surface area contributed by atoms with Crippen molar-refractivity contribution in [1.82, 2.24) is 14.3 Å². The molecular weight excluding hydrogens is 302 g/mol. The molecule has 1 fully saturated rings. The lowest BCUT2D eigenvalue weighted by Gasteiger charge is -2.41. The highest BCUT2D eigenvalue weighted by Crippen LogP contribution is 2.21. The SMILES string of the molecule is CC1CN(Cc2cc(=O)n3cc(Cl)ccc3n2)CC(C)(C)O1. The van der Waals surface area contributed by atoms with Crippen LogP contribution in [0, 0.1) is 0 Å². The van der Waals surface area contributed by atoms with Gasteiger partial charge in [-0.25, -0.2) is 4.98 Å². The lowest BCUT2D eigenvalue weighted by molar-refractivity contribution is -0.130. The summed E-state index contributed by atoms with van der Waals surface area (Å²) in [7, 11) is 0. The van der Waals surface area contributed by atoms with Gasteiger partial charge in [-0.2, -0.15) is 0 Å². The van der Waals surface area contributed by atoms with Crippen LogP contribution in [0.15, 0.2) is 29.2 Å². The summed E-state index contributed by atoms with van der Waals surface area (Å²) in [5, 5.41) is 0.521. The molecule has 3 heterocycles. The molecule has 1 aliphatic heterocycles. The third-order valence-electron chi connectivity index (χ3n) is 3.70. The fraction of sp³-hybridized carbons (Fsp3) is 0.500. The molecule has 0 spiro atoms. The van der Waals surface area contributed by atoms with Crippen LogP contribution in [0.4, 0.5) is 0 Å². The van der Waals surface area contributed by atoms with Crippen LogP contribution in [0.1, 0.15) is 26.5 Å². The second kappa shape index (κ2) is 5.65. The van der Waals surface area contributed by atoms with Gasteiger partial charge in [0.25, 0.3) is 5.56 Å². The Bertz CT molecular complexity index is 757. The first-order chi connectivity index (χ1) is 10.3. The zero-order valence-electron chi connectivity index (χ0n) is 13.0. The summed E-state index contributed by atoms with van der Waals surface area (Å²) in [5.41, 5.74) is 1.10. The molecule has 5 nitrogen and oxygen atoms in total. The number of pyridine rings is 1. The van der Waals surface area contributed by atoms with Crippen molar-refractivity contribution in [2.45, 2.75) is 39.0 Å². The van der Waals surface area contributed by atoms with Crippen LogP contribution in [0.3, 0.4) is 0 Å². The van der Waals surface area contributed by atoms with E-state index in [0.29, 0.717) is 17.2 Å². The number of nitrogens with zero attached hydrogens (tertiary/aromatic N) is 3. The molecule has 0 N–H and O–H groups in total. The molecule has 22 heavy (non-hydrogen) atoms. The van der Waals surface area contributed by atoms with E-state index in [-0.39, 0.29) is 17.3 Å². The van der Waals surface area contributed by atoms with Crippen LogP contribution in [-0.4, -0.2) is 39.1 Å². The van der Waals surface area contributed by atoms with Crippen LogP contribution in [0.2, 0.25) is 5.02 Å². The van der Waals surface area contributed by atoms with Crippen molar-refractivity contribution in [3.05, 3.63) is 45.5 Å². The molecular formula is C16H20ClN3O2. The lowest BCUT2D eigenvalue weighted by atomic mass is 10.1. The topological polar surface area (TPSA) is 46.8 Å². The molecule has 1 aliphatic rings. The van der Waals surface area contributed by atoms with Crippen LogP contribution in [0.5, 0.6) is 0 Å². The Morgan fingerprint density at radius 2 is 2.23 bits per heavy atom.